The summed E-state index contributed by atoms with van der Waals surface area (Å²) in [5.41, 5.74) is 0.830. The third-order valence-corrected chi connectivity index (χ3v) is 3.37. The number of hydrogen-bond acceptors (Lipinski definition) is 1. The lowest BCUT2D eigenvalue weighted by atomic mass is 9.88. The molecule has 17 heavy (non-hydrogen) atoms. The van der Waals surface area contributed by atoms with Gasteiger partial charge in [-0.15, -0.1) is 0 Å². The van der Waals surface area contributed by atoms with Gasteiger partial charge in [0, 0.05) is 0 Å². The lowest BCUT2D eigenvalue weighted by molar-refractivity contribution is 0.424. The summed E-state index contributed by atoms with van der Waals surface area (Å²) in [4.78, 5) is 0. The number of hydrogen-bond donors (Lipinski definition) is 1. The zero-order valence-electron chi connectivity index (χ0n) is 11.0. The lowest BCUT2D eigenvalue weighted by Crippen LogP contribution is -2.24. The van der Waals surface area contributed by atoms with E-state index in [0.29, 0.717) is 11.1 Å². The van der Waals surface area contributed by atoms with E-state index in [4.69, 9.17) is 0 Å². The van der Waals surface area contributed by atoms with Crippen molar-refractivity contribution in [3.63, 3.8) is 0 Å². The fourth-order valence-corrected chi connectivity index (χ4v) is 1.87. The zero-order valence-corrected chi connectivity index (χ0v) is 11.0. The molecule has 1 N–H and O–H groups in total. The molecule has 0 heterocycles. The molecule has 1 aromatic carbocycles. The molecule has 96 valence electrons. The van der Waals surface area contributed by atoms with Gasteiger partial charge >= 0.3 is 0 Å². The molecule has 0 aliphatic carbocycles. The molecule has 1 aromatic rings. The quantitative estimate of drug-likeness (QED) is 0.830. The summed E-state index contributed by atoms with van der Waals surface area (Å²) in [7, 11) is 0. The molecular weight excluding hydrogens is 220 g/mol. The molecule has 0 aliphatic rings. The Kier molecular flexibility index (Phi) is 5.06. The number of benzene rings is 1. The minimum Gasteiger partial charge on any atom is -0.317 e. The smallest absolute Gasteiger partial charge is 0.162 e. The maximum Gasteiger partial charge on any atom is 0.162 e. The first-order valence-electron chi connectivity index (χ1n) is 6.14. The van der Waals surface area contributed by atoms with Crippen molar-refractivity contribution in [3.8, 4) is 0 Å². The van der Waals surface area contributed by atoms with Gasteiger partial charge < -0.3 is 5.32 Å². The SMILES string of the molecule is CCNCC(C)C(C)c1ccc(C)c(F)c1F. The summed E-state index contributed by atoms with van der Waals surface area (Å²) in [6, 6.07) is 3.34. The molecule has 3 heteroatoms. The van der Waals surface area contributed by atoms with Crippen molar-refractivity contribution in [2.45, 2.75) is 33.6 Å². The Labute approximate surface area is 102 Å². The molecule has 0 aromatic heterocycles. The van der Waals surface area contributed by atoms with E-state index in [1.54, 1.807) is 19.1 Å². The van der Waals surface area contributed by atoms with Crippen molar-refractivity contribution in [3.05, 3.63) is 34.9 Å². The summed E-state index contributed by atoms with van der Waals surface area (Å²) in [5, 5.41) is 3.23. The average Bonchev–Trinajstić information content (AvgIpc) is 2.32. The predicted molar refractivity (Wildman–Crippen MR) is 67.2 cm³/mol. The maximum atomic E-state index is 13.8. The molecule has 2 atom stereocenters. The number of rotatable bonds is 5. The van der Waals surface area contributed by atoms with Gasteiger partial charge in [-0.2, -0.15) is 0 Å². The minimum atomic E-state index is -0.718. The molecule has 0 bridgehead atoms. The second-order valence-electron chi connectivity index (χ2n) is 4.67. The fraction of sp³-hybridized carbons (Fsp3) is 0.571. The van der Waals surface area contributed by atoms with Crippen LogP contribution in [0.5, 0.6) is 0 Å². The first-order chi connectivity index (χ1) is 7.99. The van der Waals surface area contributed by atoms with Crippen LogP contribution in [0.15, 0.2) is 12.1 Å². The highest BCUT2D eigenvalue weighted by molar-refractivity contribution is 5.28. The maximum absolute atomic E-state index is 13.8. The fourth-order valence-electron chi connectivity index (χ4n) is 1.87. The molecule has 0 aliphatic heterocycles. The first kappa shape index (κ1) is 14.1. The van der Waals surface area contributed by atoms with Crippen LogP contribution in [-0.2, 0) is 0 Å². The highest BCUT2D eigenvalue weighted by atomic mass is 19.2. The van der Waals surface area contributed by atoms with Crippen molar-refractivity contribution in [2.75, 3.05) is 13.1 Å². The van der Waals surface area contributed by atoms with Crippen LogP contribution in [0.25, 0.3) is 0 Å². The van der Waals surface area contributed by atoms with E-state index in [0.717, 1.165) is 13.1 Å². The van der Waals surface area contributed by atoms with Crippen LogP contribution in [-0.4, -0.2) is 13.1 Å². The Balaban J connectivity index is 2.89. The monoisotopic (exact) mass is 241 g/mol. The van der Waals surface area contributed by atoms with Crippen LogP contribution < -0.4 is 5.32 Å². The summed E-state index contributed by atoms with van der Waals surface area (Å²) in [6.07, 6.45) is 0. The summed E-state index contributed by atoms with van der Waals surface area (Å²) in [5.74, 6) is -1.14. The van der Waals surface area contributed by atoms with Crippen LogP contribution in [0, 0.1) is 24.5 Å². The van der Waals surface area contributed by atoms with Crippen LogP contribution >= 0.6 is 0 Å². The largest absolute Gasteiger partial charge is 0.317 e. The van der Waals surface area contributed by atoms with Crippen molar-refractivity contribution < 1.29 is 8.78 Å². The highest BCUT2D eigenvalue weighted by Gasteiger charge is 2.20. The van der Waals surface area contributed by atoms with Crippen LogP contribution in [0.1, 0.15) is 37.8 Å². The van der Waals surface area contributed by atoms with Crippen LogP contribution in [0.3, 0.4) is 0 Å². The Morgan fingerprint density at radius 3 is 2.41 bits per heavy atom. The summed E-state index contributed by atoms with van der Waals surface area (Å²) in [6.45, 7) is 9.30. The Hall–Kier alpha value is -0.960. The number of aryl methyl sites for hydroxylation is 1. The van der Waals surface area contributed by atoms with E-state index in [1.165, 1.54) is 0 Å². The van der Waals surface area contributed by atoms with Crippen molar-refractivity contribution in [1.29, 1.82) is 0 Å². The van der Waals surface area contributed by atoms with E-state index in [9.17, 15) is 8.78 Å². The molecule has 0 amide bonds. The Bertz CT molecular complexity index is 377. The van der Waals surface area contributed by atoms with Crippen LogP contribution in [0.2, 0.25) is 0 Å². The molecule has 0 spiro atoms. The van der Waals surface area contributed by atoms with Gasteiger partial charge in [0.05, 0.1) is 0 Å². The Morgan fingerprint density at radius 1 is 1.18 bits per heavy atom. The first-order valence-corrected chi connectivity index (χ1v) is 6.14. The van der Waals surface area contributed by atoms with Crippen molar-refractivity contribution >= 4 is 0 Å². The van der Waals surface area contributed by atoms with E-state index >= 15 is 0 Å². The van der Waals surface area contributed by atoms with E-state index in [-0.39, 0.29) is 11.8 Å². The highest BCUT2D eigenvalue weighted by Crippen LogP contribution is 2.28. The van der Waals surface area contributed by atoms with Gasteiger partial charge in [-0.3, -0.25) is 0 Å². The lowest BCUT2D eigenvalue weighted by Gasteiger charge is -2.21. The molecule has 1 nitrogen and oxygen atoms in total. The second kappa shape index (κ2) is 6.10. The van der Waals surface area contributed by atoms with E-state index in [2.05, 4.69) is 5.32 Å². The van der Waals surface area contributed by atoms with Gasteiger partial charge in [0.2, 0.25) is 0 Å². The van der Waals surface area contributed by atoms with Gasteiger partial charge in [0.25, 0.3) is 0 Å². The molecule has 1 rings (SSSR count). The molecule has 0 fully saturated rings. The molecule has 0 saturated carbocycles. The van der Waals surface area contributed by atoms with Crippen molar-refractivity contribution in [1.82, 2.24) is 5.32 Å². The molecule has 0 radical (unpaired) electrons. The minimum absolute atomic E-state index is 0.00384. The summed E-state index contributed by atoms with van der Waals surface area (Å²) < 4.78 is 27.3. The predicted octanol–water partition coefficient (Wildman–Crippen LogP) is 3.62. The number of halogens is 2. The summed E-state index contributed by atoms with van der Waals surface area (Å²) >= 11 is 0. The second-order valence-corrected chi connectivity index (χ2v) is 4.67. The number of nitrogens with one attached hydrogen (secondary N) is 1. The van der Waals surface area contributed by atoms with E-state index < -0.39 is 11.6 Å². The third kappa shape index (κ3) is 3.25. The van der Waals surface area contributed by atoms with Gasteiger partial charge in [0.1, 0.15) is 0 Å². The molecule has 2 unspecified atom stereocenters. The average molecular weight is 241 g/mol. The van der Waals surface area contributed by atoms with Gasteiger partial charge in [-0.05, 0) is 43.0 Å². The van der Waals surface area contributed by atoms with E-state index in [1.807, 2.05) is 20.8 Å². The van der Waals surface area contributed by atoms with Crippen molar-refractivity contribution in [2.24, 2.45) is 5.92 Å². The Morgan fingerprint density at radius 2 is 1.82 bits per heavy atom. The standard InChI is InChI=1S/C14H21F2N/c1-5-17-8-10(3)11(4)12-7-6-9(2)13(15)14(12)16/h6-7,10-11,17H,5,8H2,1-4H3. The molecule has 0 saturated heterocycles. The zero-order chi connectivity index (χ0) is 13.0. The van der Waals surface area contributed by atoms with Gasteiger partial charge in [-0.1, -0.05) is 32.9 Å². The molecular formula is C14H21F2N. The van der Waals surface area contributed by atoms with Gasteiger partial charge in [0.15, 0.2) is 11.6 Å². The third-order valence-electron chi connectivity index (χ3n) is 3.37. The van der Waals surface area contributed by atoms with Gasteiger partial charge in [-0.25, -0.2) is 8.78 Å². The normalized spacial score (nSPS) is 14.7. The van der Waals surface area contributed by atoms with Crippen LogP contribution in [0.4, 0.5) is 8.78 Å². The topological polar surface area (TPSA) is 12.0 Å².